The highest BCUT2D eigenvalue weighted by molar-refractivity contribution is 5.80. The lowest BCUT2D eigenvalue weighted by atomic mass is 9.97. The Morgan fingerprint density at radius 3 is 2.90 bits per heavy atom. The van der Waals surface area contributed by atoms with Crippen molar-refractivity contribution in [3.05, 3.63) is 18.5 Å². The van der Waals surface area contributed by atoms with E-state index in [1.54, 1.807) is 23.1 Å². The maximum absolute atomic E-state index is 12.6. The third-order valence-electron chi connectivity index (χ3n) is 3.88. The molecule has 110 valence electrons. The van der Waals surface area contributed by atoms with Crippen LogP contribution in [0.4, 0.5) is 0 Å². The number of aromatic nitrogens is 2. The van der Waals surface area contributed by atoms with Crippen molar-refractivity contribution in [2.45, 2.75) is 51.1 Å². The number of hydrogen-bond donors (Lipinski definition) is 1. The number of aliphatic carboxylic acids is 1. The van der Waals surface area contributed by atoms with Crippen LogP contribution in [0, 0.1) is 0 Å². The smallest absolute Gasteiger partial charge is 0.303 e. The molecule has 0 spiro atoms. The molecule has 6 heteroatoms. The molecule has 2 atom stereocenters. The van der Waals surface area contributed by atoms with Crippen LogP contribution in [0.1, 0.15) is 45.1 Å². The lowest BCUT2D eigenvalue weighted by molar-refractivity contribution is -0.141. The second-order valence-corrected chi connectivity index (χ2v) is 5.28. The van der Waals surface area contributed by atoms with Gasteiger partial charge in [-0.15, -0.1) is 0 Å². The molecule has 1 fully saturated rings. The van der Waals surface area contributed by atoms with Crippen molar-refractivity contribution >= 4 is 11.9 Å². The molecule has 6 nitrogen and oxygen atoms in total. The summed E-state index contributed by atoms with van der Waals surface area (Å²) in [5.41, 5.74) is 0. The Hall–Kier alpha value is -1.85. The van der Waals surface area contributed by atoms with E-state index in [0.717, 1.165) is 19.3 Å². The van der Waals surface area contributed by atoms with E-state index in [2.05, 4.69) is 5.10 Å². The van der Waals surface area contributed by atoms with Crippen LogP contribution in [0.2, 0.25) is 0 Å². The lowest BCUT2D eigenvalue weighted by Gasteiger charge is -2.37. The number of likely N-dealkylation sites (tertiary alicyclic amines) is 1. The van der Waals surface area contributed by atoms with E-state index < -0.39 is 5.97 Å². The van der Waals surface area contributed by atoms with Crippen LogP contribution in [0.5, 0.6) is 0 Å². The minimum absolute atomic E-state index is 0.0313. The van der Waals surface area contributed by atoms with Crippen LogP contribution in [0.3, 0.4) is 0 Å². The van der Waals surface area contributed by atoms with Crippen LogP contribution >= 0.6 is 0 Å². The number of hydrogen-bond acceptors (Lipinski definition) is 3. The van der Waals surface area contributed by atoms with Crippen LogP contribution in [-0.4, -0.2) is 44.3 Å². The van der Waals surface area contributed by atoms with Gasteiger partial charge in [-0.1, -0.05) is 0 Å². The Morgan fingerprint density at radius 2 is 2.25 bits per heavy atom. The van der Waals surface area contributed by atoms with Gasteiger partial charge in [-0.3, -0.25) is 14.3 Å². The molecule has 1 saturated heterocycles. The monoisotopic (exact) mass is 279 g/mol. The maximum atomic E-state index is 12.6. The lowest BCUT2D eigenvalue weighted by Crippen LogP contribution is -2.46. The summed E-state index contributed by atoms with van der Waals surface area (Å²) < 4.78 is 1.64. The van der Waals surface area contributed by atoms with E-state index in [4.69, 9.17) is 5.11 Å². The van der Waals surface area contributed by atoms with Gasteiger partial charge in [0.1, 0.15) is 6.04 Å². The number of piperidine rings is 1. The molecular weight excluding hydrogens is 258 g/mol. The molecule has 1 aromatic rings. The van der Waals surface area contributed by atoms with Crippen molar-refractivity contribution in [1.82, 2.24) is 14.7 Å². The molecule has 2 unspecified atom stereocenters. The molecule has 20 heavy (non-hydrogen) atoms. The van der Waals surface area contributed by atoms with Gasteiger partial charge in [0.25, 0.3) is 0 Å². The summed E-state index contributed by atoms with van der Waals surface area (Å²) in [6.45, 7) is 2.55. The van der Waals surface area contributed by atoms with Gasteiger partial charge in [-0.2, -0.15) is 5.10 Å². The zero-order valence-electron chi connectivity index (χ0n) is 11.7. The zero-order chi connectivity index (χ0) is 14.5. The molecular formula is C14H21N3O3. The fraction of sp³-hybridized carbons (Fsp3) is 0.643. The molecule has 1 aromatic heterocycles. The van der Waals surface area contributed by atoms with Crippen molar-refractivity contribution in [2.24, 2.45) is 0 Å². The maximum Gasteiger partial charge on any atom is 0.303 e. The number of rotatable bonds is 5. The van der Waals surface area contributed by atoms with Crippen molar-refractivity contribution in [2.75, 3.05) is 6.54 Å². The Morgan fingerprint density at radius 1 is 1.45 bits per heavy atom. The van der Waals surface area contributed by atoms with Crippen LogP contribution in [0.15, 0.2) is 18.5 Å². The van der Waals surface area contributed by atoms with Crippen molar-refractivity contribution < 1.29 is 14.7 Å². The van der Waals surface area contributed by atoms with Crippen LogP contribution in [-0.2, 0) is 9.59 Å². The van der Waals surface area contributed by atoms with Gasteiger partial charge < -0.3 is 10.0 Å². The van der Waals surface area contributed by atoms with E-state index in [-0.39, 0.29) is 24.4 Å². The van der Waals surface area contributed by atoms with Gasteiger partial charge in [0.15, 0.2) is 0 Å². The van der Waals surface area contributed by atoms with Crippen molar-refractivity contribution in [1.29, 1.82) is 0 Å². The summed E-state index contributed by atoms with van der Waals surface area (Å²) in [5, 5.41) is 12.9. The fourth-order valence-corrected chi connectivity index (χ4v) is 2.74. The molecule has 1 amide bonds. The van der Waals surface area contributed by atoms with Gasteiger partial charge in [-0.25, -0.2) is 0 Å². The van der Waals surface area contributed by atoms with Crippen LogP contribution < -0.4 is 0 Å². The number of carbonyl (C=O) groups is 2. The molecule has 0 saturated carbocycles. The first-order valence-electron chi connectivity index (χ1n) is 7.11. The molecule has 0 radical (unpaired) electrons. The summed E-state index contributed by atoms with van der Waals surface area (Å²) in [4.78, 5) is 25.1. The average Bonchev–Trinajstić information content (AvgIpc) is 2.98. The quantitative estimate of drug-likeness (QED) is 0.890. The Labute approximate surface area is 118 Å². The first kappa shape index (κ1) is 14.6. The van der Waals surface area contributed by atoms with E-state index in [9.17, 15) is 9.59 Å². The van der Waals surface area contributed by atoms with E-state index in [0.29, 0.717) is 13.0 Å². The minimum atomic E-state index is -0.803. The van der Waals surface area contributed by atoms with Crippen LogP contribution in [0.25, 0.3) is 0 Å². The Bertz CT molecular complexity index is 458. The number of carbonyl (C=O) groups excluding carboxylic acids is 1. The fourth-order valence-electron chi connectivity index (χ4n) is 2.74. The van der Waals surface area contributed by atoms with Gasteiger partial charge in [-0.05, 0) is 38.7 Å². The van der Waals surface area contributed by atoms with E-state index in [1.165, 1.54) is 0 Å². The largest absolute Gasteiger partial charge is 0.481 e. The third-order valence-corrected chi connectivity index (χ3v) is 3.88. The second kappa shape index (κ2) is 6.54. The number of amides is 1. The normalized spacial score (nSPS) is 20.6. The van der Waals surface area contributed by atoms with Crippen molar-refractivity contribution in [3.8, 4) is 0 Å². The summed E-state index contributed by atoms with van der Waals surface area (Å²) >= 11 is 0. The topological polar surface area (TPSA) is 75.4 Å². The van der Waals surface area contributed by atoms with Gasteiger partial charge in [0.05, 0.1) is 0 Å². The molecule has 0 bridgehead atoms. The van der Waals surface area contributed by atoms with Gasteiger partial charge in [0, 0.05) is 31.4 Å². The third kappa shape index (κ3) is 3.37. The molecule has 0 aromatic carbocycles. The van der Waals surface area contributed by atoms with Gasteiger partial charge in [0.2, 0.25) is 5.91 Å². The minimum Gasteiger partial charge on any atom is -0.481 e. The zero-order valence-corrected chi connectivity index (χ0v) is 11.7. The summed E-state index contributed by atoms with van der Waals surface area (Å²) in [5.74, 6) is -0.771. The number of carboxylic acid groups (broad SMARTS) is 1. The number of nitrogens with zero attached hydrogens (tertiary/aromatic N) is 3. The summed E-state index contributed by atoms with van der Waals surface area (Å²) in [7, 11) is 0. The SMILES string of the molecule is CC(C(=O)N1CCCCC1CCC(=O)O)n1cccn1. The first-order valence-corrected chi connectivity index (χ1v) is 7.11. The predicted molar refractivity (Wildman–Crippen MR) is 73.2 cm³/mol. The van der Waals surface area contributed by atoms with E-state index >= 15 is 0 Å². The van der Waals surface area contributed by atoms with E-state index in [1.807, 2.05) is 11.8 Å². The summed E-state index contributed by atoms with van der Waals surface area (Å²) in [6, 6.07) is 1.50. The highest BCUT2D eigenvalue weighted by Crippen LogP contribution is 2.23. The first-order chi connectivity index (χ1) is 9.59. The predicted octanol–water partition coefficient (Wildman–Crippen LogP) is 1.69. The highest BCUT2D eigenvalue weighted by atomic mass is 16.4. The molecule has 2 rings (SSSR count). The second-order valence-electron chi connectivity index (χ2n) is 5.28. The Kier molecular flexibility index (Phi) is 4.76. The molecule has 1 aliphatic heterocycles. The molecule has 1 aliphatic rings. The average molecular weight is 279 g/mol. The highest BCUT2D eigenvalue weighted by Gasteiger charge is 2.30. The van der Waals surface area contributed by atoms with Gasteiger partial charge >= 0.3 is 5.97 Å². The number of carboxylic acids is 1. The Balaban J connectivity index is 2.03. The molecule has 2 heterocycles. The standard InChI is InChI=1S/C14H21N3O3/c1-11(17-10-4-8-15-17)14(20)16-9-3-2-5-12(16)6-7-13(18)19/h4,8,10-12H,2-3,5-7,9H2,1H3,(H,18,19). The molecule has 1 N–H and O–H groups in total. The van der Waals surface area contributed by atoms with Crippen molar-refractivity contribution in [3.63, 3.8) is 0 Å². The molecule has 0 aliphatic carbocycles. The summed E-state index contributed by atoms with van der Waals surface area (Å²) in [6.07, 6.45) is 7.02.